The maximum Gasteiger partial charge on any atom is 0.405 e. The summed E-state index contributed by atoms with van der Waals surface area (Å²) in [7, 11) is -2.52. The molecular weight excluding hydrogens is 395 g/mol. The molecule has 0 aliphatic carbocycles. The highest BCUT2D eigenvalue weighted by Gasteiger charge is 2.27. The number of nitrogens with one attached hydrogen (secondary N) is 3. The number of carbonyl (C=O) groups is 1. The maximum atomic E-state index is 12.6. The second-order valence-corrected chi connectivity index (χ2v) is 7.95. The van der Waals surface area contributed by atoms with Gasteiger partial charge in [0.15, 0.2) is 0 Å². The Morgan fingerprint density at radius 3 is 2.25 bits per heavy atom. The first-order valence-corrected chi connectivity index (χ1v) is 9.68. The lowest BCUT2D eigenvalue weighted by Gasteiger charge is -2.15. The fourth-order valence-electron chi connectivity index (χ4n) is 2.48. The molecule has 6 nitrogen and oxygen atoms in total. The van der Waals surface area contributed by atoms with Crippen molar-refractivity contribution in [3.8, 4) is 0 Å². The number of aryl methyl sites for hydroxylation is 1. The molecule has 0 heterocycles. The number of benzene rings is 2. The Kier molecular flexibility index (Phi) is 6.35. The van der Waals surface area contributed by atoms with Crippen LogP contribution in [0.25, 0.3) is 0 Å². The number of anilines is 2. The molecule has 0 radical (unpaired) electrons. The molecule has 0 fully saturated rings. The van der Waals surface area contributed by atoms with Crippen LogP contribution in [0, 0.1) is 13.8 Å². The molecule has 0 unspecified atom stereocenters. The van der Waals surface area contributed by atoms with Crippen LogP contribution in [-0.4, -0.2) is 34.1 Å². The molecule has 0 bridgehead atoms. The molecule has 0 aromatic heterocycles. The summed E-state index contributed by atoms with van der Waals surface area (Å²) in [5.74, 6) is -0.642. The number of hydrogen-bond acceptors (Lipinski definition) is 4. The van der Waals surface area contributed by atoms with E-state index in [0.29, 0.717) is 11.1 Å². The van der Waals surface area contributed by atoms with Crippen molar-refractivity contribution in [3.05, 3.63) is 53.1 Å². The van der Waals surface area contributed by atoms with Gasteiger partial charge in [0.25, 0.3) is 5.91 Å². The number of halogens is 3. The van der Waals surface area contributed by atoms with Gasteiger partial charge in [-0.2, -0.15) is 13.2 Å². The molecule has 0 saturated heterocycles. The topological polar surface area (TPSA) is 87.3 Å². The van der Waals surface area contributed by atoms with E-state index < -0.39 is 28.7 Å². The number of rotatable bonds is 6. The predicted molar refractivity (Wildman–Crippen MR) is 101 cm³/mol. The lowest BCUT2D eigenvalue weighted by molar-refractivity contribution is -0.115. The van der Waals surface area contributed by atoms with Gasteiger partial charge >= 0.3 is 6.18 Å². The number of alkyl halides is 3. The van der Waals surface area contributed by atoms with E-state index in [1.165, 1.54) is 37.4 Å². The molecule has 2 aromatic rings. The summed E-state index contributed by atoms with van der Waals surface area (Å²) in [6, 6.07) is 8.69. The Hall–Kier alpha value is -2.59. The van der Waals surface area contributed by atoms with Gasteiger partial charge in [0.05, 0.1) is 16.3 Å². The molecule has 1 amide bonds. The van der Waals surface area contributed by atoms with Crippen LogP contribution in [0.4, 0.5) is 24.5 Å². The average Bonchev–Trinajstić information content (AvgIpc) is 2.62. The van der Waals surface area contributed by atoms with Crippen LogP contribution in [0.3, 0.4) is 0 Å². The SMILES string of the molecule is CNS(=O)(=O)c1cc(C(=O)Nc2ccccc2NCC(F)(F)F)cc(C)c1C. The Balaban J connectivity index is 2.34. The first-order chi connectivity index (χ1) is 12.9. The summed E-state index contributed by atoms with van der Waals surface area (Å²) in [4.78, 5) is 12.6. The van der Waals surface area contributed by atoms with Gasteiger partial charge < -0.3 is 10.6 Å². The van der Waals surface area contributed by atoms with Crippen molar-refractivity contribution in [2.24, 2.45) is 0 Å². The molecular formula is C18H20F3N3O3S. The summed E-state index contributed by atoms with van der Waals surface area (Å²) >= 11 is 0. The maximum absolute atomic E-state index is 12.6. The van der Waals surface area contributed by atoms with Crippen LogP contribution in [0.15, 0.2) is 41.3 Å². The van der Waals surface area contributed by atoms with Gasteiger partial charge in [-0.15, -0.1) is 0 Å². The molecule has 2 aromatic carbocycles. The smallest absolute Gasteiger partial charge is 0.375 e. The molecule has 28 heavy (non-hydrogen) atoms. The fourth-order valence-corrected chi connectivity index (χ4v) is 3.55. The van der Waals surface area contributed by atoms with Crippen molar-refractivity contribution >= 4 is 27.3 Å². The third-order valence-corrected chi connectivity index (χ3v) is 5.64. The van der Waals surface area contributed by atoms with Gasteiger partial charge in [-0.3, -0.25) is 4.79 Å². The largest absolute Gasteiger partial charge is 0.405 e. The van der Waals surface area contributed by atoms with E-state index in [2.05, 4.69) is 15.4 Å². The lowest BCUT2D eigenvalue weighted by atomic mass is 10.1. The molecule has 0 spiro atoms. The van der Waals surface area contributed by atoms with Crippen molar-refractivity contribution in [2.75, 3.05) is 24.2 Å². The molecule has 10 heteroatoms. The van der Waals surface area contributed by atoms with Crippen molar-refractivity contribution < 1.29 is 26.4 Å². The van der Waals surface area contributed by atoms with E-state index >= 15 is 0 Å². The highest BCUT2D eigenvalue weighted by Crippen LogP contribution is 2.26. The number of carbonyl (C=O) groups excluding carboxylic acids is 1. The molecule has 0 aliphatic heterocycles. The zero-order valence-corrected chi connectivity index (χ0v) is 16.3. The van der Waals surface area contributed by atoms with Gasteiger partial charge in [-0.25, -0.2) is 13.1 Å². The average molecular weight is 415 g/mol. The monoisotopic (exact) mass is 415 g/mol. The molecule has 0 atom stereocenters. The van der Waals surface area contributed by atoms with Crippen LogP contribution >= 0.6 is 0 Å². The number of sulfonamides is 1. The van der Waals surface area contributed by atoms with E-state index in [1.54, 1.807) is 19.9 Å². The third kappa shape index (κ3) is 5.23. The highest BCUT2D eigenvalue weighted by molar-refractivity contribution is 7.89. The van der Waals surface area contributed by atoms with Crippen molar-refractivity contribution in [1.29, 1.82) is 0 Å². The Bertz CT molecular complexity index is 989. The standard InChI is InChI=1S/C18H20F3N3O3S/c1-11-8-13(9-16(12(11)2)28(26,27)22-3)17(25)24-15-7-5-4-6-14(15)23-10-18(19,20)21/h4-9,22-23H,10H2,1-3H3,(H,24,25). The van der Waals surface area contributed by atoms with Gasteiger partial charge in [0, 0.05) is 5.56 Å². The zero-order chi connectivity index (χ0) is 21.1. The van der Waals surface area contributed by atoms with Gasteiger partial charge in [-0.05, 0) is 56.3 Å². The van der Waals surface area contributed by atoms with Gasteiger partial charge in [0.1, 0.15) is 6.54 Å². The molecule has 152 valence electrons. The van der Waals surface area contributed by atoms with Crippen molar-refractivity contribution in [2.45, 2.75) is 24.9 Å². The Labute approximate surface area is 161 Å². The summed E-state index contributed by atoms with van der Waals surface area (Å²) in [5.41, 5.74) is 1.40. The Morgan fingerprint density at radius 1 is 1.07 bits per heavy atom. The first kappa shape index (κ1) is 21.7. The minimum absolute atomic E-state index is 0.0383. The van der Waals surface area contributed by atoms with Crippen molar-refractivity contribution in [3.63, 3.8) is 0 Å². The van der Waals surface area contributed by atoms with E-state index in [0.717, 1.165) is 0 Å². The van der Waals surface area contributed by atoms with Crippen LogP contribution in [0.2, 0.25) is 0 Å². The number of para-hydroxylation sites is 2. The van der Waals surface area contributed by atoms with Crippen LogP contribution in [0.1, 0.15) is 21.5 Å². The molecule has 2 rings (SSSR count). The predicted octanol–water partition coefficient (Wildman–Crippen LogP) is 3.44. The van der Waals surface area contributed by atoms with Gasteiger partial charge in [0.2, 0.25) is 10.0 Å². The summed E-state index contributed by atoms with van der Waals surface area (Å²) < 4.78 is 63.9. The minimum Gasteiger partial charge on any atom is -0.375 e. The van der Waals surface area contributed by atoms with E-state index in [9.17, 15) is 26.4 Å². The van der Waals surface area contributed by atoms with Crippen LogP contribution < -0.4 is 15.4 Å². The van der Waals surface area contributed by atoms with E-state index in [1.807, 2.05) is 0 Å². The summed E-state index contributed by atoms with van der Waals surface area (Å²) in [6.07, 6.45) is -4.42. The first-order valence-electron chi connectivity index (χ1n) is 8.20. The highest BCUT2D eigenvalue weighted by atomic mass is 32.2. The fraction of sp³-hybridized carbons (Fsp3) is 0.278. The number of amides is 1. The van der Waals surface area contributed by atoms with Crippen molar-refractivity contribution in [1.82, 2.24) is 4.72 Å². The van der Waals surface area contributed by atoms with Crippen LogP contribution in [0.5, 0.6) is 0 Å². The third-order valence-electron chi connectivity index (χ3n) is 4.09. The van der Waals surface area contributed by atoms with Crippen LogP contribution in [-0.2, 0) is 10.0 Å². The molecule has 3 N–H and O–H groups in total. The summed E-state index contributed by atoms with van der Waals surface area (Å²) in [5, 5.41) is 4.75. The molecule has 0 aliphatic rings. The normalized spacial score (nSPS) is 11.9. The van der Waals surface area contributed by atoms with Gasteiger partial charge in [-0.1, -0.05) is 12.1 Å². The minimum atomic E-state index is -4.42. The Morgan fingerprint density at radius 2 is 1.68 bits per heavy atom. The summed E-state index contributed by atoms with van der Waals surface area (Å²) in [6.45, 7) is 2.03. The van der Waals surface area contributed by atoms with E-state index in [-0.39, 0.29) is 21.8 Å². The van der Waals surface area contributed by atoms with E-state index in [4.69, 9.17) is 0 Å². The quantitative estimate of drug-likeness (QED) is 0.675. The number of hydrogen-bond donors (Lipinski definition) is 3. The zero-order valence-electron chi connectivity index (χ0n) is 15.4. The second kappa shape index (κ2) is 8.19. The second-order valence-electron chi connectivity index (χ2n) is 6.09. The lowest BCUT2D eigenvalue weighted by Crippen LogP contribution is -2.23. The molecule has 0 saturated carbocycles.